The first-order valence-electron chi connectivity index (χ1n) is 9.75. The second-order valence-corrected chi connectivity index (χ2v) is 8.31. The number of anilines is 1. The van der Waals surface area contributed by atoms with Crippen LogP contribution >= 0.6 is 34.5 Å². The van der Waals surface area contributed by atoms with Gasteiger partial charge in [-0.05, 0) is 48.2 Å². The first-order chi connectivity index (χ1) is 14.9. The van der Waals surface area contributed by atoms with E-state index in [0.717, 1.165) is 23.1 Å². The maximum absolute atomic E-state index is 12.7. The summed E-state index contributed by atoms with van der Waals surface area (Å²) >= 11 is 13.2. The number of esters is 1. The lowest BCUT2D eigenvalue weighted by molar-refractivity contribution is -0.111. The number of rotatable bonds is 7. The van der Waals surface area contributed by atoms with Crippen molar-refractivity contribution < 1.29 is 14.3 Å². The number of ether oxygens (including phenoxy) is 1. The summed E-state index contributed by atoms with van der Waals surface area (Å²) in [6, 6.07) is 13.1. The Morgan fingerprint density at radius 2 is 1.81 bits per heavy atom. The summed E-state index contributed by atoms with van der Waals surface area (Å²) in [4.78, 5) is 25.2. The van der Waals surface area contributed by atoms with Crippen LogP contribution in [0.3, 0.4) is 0 Å². The molecule has 0 unspecified atom stereocenters. The first kappa shape index (κ1) is 23.1. The number of carbonyl (C=O) groups excluding carboxylic acids is 2. The van der Waals surface area contributed by atoms with Gasteiger partial charge >= 0.3 is 5.97 Å². The van der Waals surface area contributed by atoms with Crippen molar-refractivity contribution in [2.24, 2.45) is 0 Å². The summed E-state index contributed by atoms with van der Waals surface area (Å²) in [5.41, 5.74) is 3.92. The van der Waals surface area contributed by atoms with Crippen LogP contribution in [0.25, 0.3) is 17.2 Å². The number of nitrogens with one attached hydrogen (secondary N) is 1. The Morgan fingerprint density at radius 1 is 1.06 bits per heavy atom. The molecule has 0 aliphatic carbocycles. The number of hydrogen-bond acceptors (Lipinski definition) is 4. The van der Waals surface area contributed by atoms with Crippen LogP contribution < -0.4 is 5.32 Å². The number of thiophene rings is 1. The van der Waals surface area contributed by atoms with Crippen LogP contribution in [0.2, 0.25) is 10.0 Å². The van der Waals surface area contributed by atoms with Gasteiger partial charge in [0.05, 0.1) is 16.7 Å². The predicted octanol–water partition coefficient (Wildman–Crippen LogP) is 7.11. The molecule has 0 radical (unpaired) electrons. The Balaban J connectivity index is 1.86. The van der Waals surface area contributed by atoms with Gasteiger partial charge in [0.2, 0.25) is 5.91 Å². The van der Waals surface area contributed by atoms with Crippen molar-refractivity contribution in [1.29, 1.82) is 0 Å². The van der Waals surface area contributed by atoms with Crippen molar-refractivity contribution in [2.45, 2.75) is 20.3 Å². The average molecular weight is 474 g/mol. The lowest BCUT2D eigenvalue weighted by Crippen LogP contribution is -2.12. The molecule has 1 aromatic heterocycles. The number of hydrogen-bond donors (Lipinski definition) is 1. The number of halogens is 2. The molecule has 160 valence electrons. The summed E-state index contributed by atoms with van der Waals surface area (Å²) in [7, 11) is 0. The van der Waals surface area contributed by atoms with Crippen LogP contribution in [0.4, 0.5) is 5.00 Å². The molecule has 1 heterocycles. The van der Waals surface area contributed by atoms with Crippen LogP contribution in [-0.4, -0.2) is 18.5 Å². The number of benzene rings is 2. The van der Waals surface area contributed by atoms with E-state index in [2.05, 4.69) is 12.2 Å². The minimum Gasteiger partial charge on any atom is -0.462 e. The normalized spacial score (nSPS) is 11.0. The maximum atomic E-state index is 12.7. The Morgan fingerprint density at radius 3 is 2.45 bits per heavy atom. The molecule has 1 amide bonds. The highest BCUT2D eigenvalue weighted by Crippen LogP contribution is 2.36. The highest BCUT2D eigenvalue weighted by Gasteiger charge is 2.22. The van der Waals surface area contributed by atoms with Gasteiger partial charge in [-0.1, -0.05) is 60.5 Å². The third-order valence-corrected chi connectivity index (χ3v) is 6.19. The van der Waals surface area contributed by atoms with E-state index in [1.165, 1.54) is 23.0 Å². The van der Waals surface area contributed by atoms with Crippen molar-refractivity contribution in [3.05, 3.63) is 80.7 Å². The largest absolute Gasteiger partial charge is 0.462 e. The fourth-order valence-electron chi connectivity index (χ4n) is 2.93. The number of carbonyl (C=O) groups is 2. The van der Waals surface area contributed by atoms with Crippen LogP contribution in [0, 0.1) is 0 Å². The Bertz CT molecular complexity index is 1120. The summed E-state index contributed by atoms with van der Waals surface area (Å²) < 4.78 is 5.24. The van der Waals surface area contributed by atoms with E-state index in [1.807, 2.05) is 29.6 Å². The fraction of sp³-hybridized carbons (Fsp3) is 0.167. The molecule has 7 heteroatoms. The summed E-state index contributed by atoms with van der Waals surface area (Å²) in [5, 5.41) is 5.94. The van der Waals surface area contributed by atoms with Gasteiger partial charge in [-0.25, -0.2) is 4.79 Å². The lowest BCUT2D eigenvalue weighted by atomic mass is 10.0. The molecule has 0 fully saturated rings. The van der Waals surface area contributed by atoms with E-state index in [9.17, 15) is 9.59 Å². The summed E-state index contributed by atoms with van der Waals surface area (Å²) in [6.45, 7) is 4.08. The molecule has 0 spiro atoms. The molecule has 31 heavy (non-hydrogen) atoms. The molecule has 2 aromatic carbocycles. The van der Waals surface area contributed by atoms with Crippen LogP contribution in [0.1, 0.15) is 35.3 Å². The molecule has 0 aliphatic rings. The molecule has 0 aliphatic heterocycles. The summed E-state index contributed by atoms with van der Waals surface area (Å²) in [5.74, 6) is -0.839. The van der Waals surface area contributed by atoms with E-state index < -0.39 is 5.97 Å². The van der Waals surface area contributed by atoms with E-state index >= 15 is 0 Å². The van der Waals surface area contributed by atoms with Gasteiger partial charge in [-0.3, -0.25) is 4.79 Å². The molecular weight excluding hydrogens is 453 g/mol. The zero-order chi connectivity index (χ0) is 22.4. The van der Waals surface area contributed by atoms with Crippen molar-refractivity contribution in [2.75, 3.05) is 11.9 Å². The van der Waals surface area contributed by atoms with Crippen LogP contribution in [0.5, 0.6) is 0 Å². The van der Waals surface area contributed by atoms with Gasteiger partial charge in [-0.15, -0.1) is 11.3 Å². The monoisotopic (exact) mass is 473 g/mol. The molecule has 0 bridgehead atoms. The van der Waals surface area contributed by atoms with Crippen LogP contribution in [-0.2, 0) is 16.0 Å². The van der Waals surface area contributed by atoms with E-state index in [0.29, 0.717) is 20.6 Å². The van der Waals surface area contributed by atoms with Gasteiger partial charge in [-0.2, -0.15) is 0 Å². The second kappa shape index (κ2) is 10.6. The SMILES string of the molecule is CCOC(=O)c1c(-c2ccc(CC)cc2)csc1NC(=O)C=Cc1ccc(Cl)c(Cl)c1. The van der Waals surface area contributed by atoms with Gasteiger partial charge in [0.15, 0.2) is 0 Å². The molecule has 4 nitrogen and oxygen atoms in total. The average Bonchev–Trinajstić information content (AvgIpc) is 3.18. The third-order valence-electron chi connectivity index (χ3n) is 4.55. The Hall–Kier alpha value is -2.60. The Labute approximate surface area is 195 Å². The highest BCUT2D eigenvalue weighted by atomic mass is 35.5. The van der Waals surface area contributed by atoms with Crippen molar-refractivity contribution in [3.8, 4) is 11.1 Å². The molecular formula is C24H21Cl2NO3S. The predicted molar refractivity (Wildman–Crippen MR) is 129 cm³/mol. The molecule has 0 atom stereocenters. The molecule has 0 saturated heterocycles. The quantitative estimate of drug-likeness (QED) is 0.293. The first-order valence-corrected chi connectivity index (χ1v) is 11.4. The van der Waals surface area contributed by atoms with Gasteiger partial charge in [0.1, 0.15) is 10.6 Å². The minimum atomic E-state index is -0.470. The lowest BCUT2D eigenvalue weighted by Gasteiger charge is -2.08. The minimum absolute atomic E-state index is 0.244. The van der Waals surface area contributed by atoms with E-state index in [1.54, 1.807) is 31.2 Å². The molecule has 0 saturated carbocycles. The smallest absolute Gasteiger partial charge is 0.341 e. The van der Waals surface area contributed by atoms with E-state index in [-0.39, 0.29) is 12.5 Å². The molecule has 3 aromatic rings. The maximum Gasteiger partial charge on any atom is 0.341 e. The molecule has 3 rings (SSSR count). The van der Waals surface area contributed by atoms with Gasteiger partial charge in [0, 0.05) is 17.0 Å². The second-order valence-electron chi connectivity index (χ2n) is 6.62. The molecule has 1 N–H and O–H groups in total. The van der Waals surface area contributed by atoms with Crippen molar-refractivity contribution >= 4 is 57.5 Å². The van der Waals surface area contributed by atoms with Crippen molar-refractivity contribution in [3.63, 3.8) is 0 Å². The zero-order valence-electron chi connectivity index (χ0n) is 17.1. The summed E-state index contributed by atoms with van der Waals surface area (Å²) in [6.07, 6.45) is 3.94. The Kier molecular flexibility index (Phi) is 7.91. The topological polar surface area (TPSA) is 55.4 Å². The highest BCUT2D eigenvalue weighted by molar-refractivity contribution is 7.15. The van der Waals surface area contributed by atoms with Gasteiger partial charge in [0.25, 0.3) is 0 Å². The standard InChI is InChI=1S/C24H21Cl2NO3S/c1-3-15-5-9-17(10-6-15)18-14-31-23(22(18)24(29)30-4-2)27-21(28)12-8-16-7-11-19(25)20(26)13-16/h5-14H,3-4H2,1-2H3,(H,27,28). The van der Waals surface area contributed by atoms with Crippen molar-refractivity contribution in [1.82, 2.24) is 0 Å². The number of aryl methyl sites for hydroxylation is 1. The van der Waals surface area contributed by atoms with Crippen LogP contribution in [0.15, 0.2) is 53.9 Å². The fourth-order valence-corrected chi connectivity index (χ4v) is 4.20. The third kappa shape index (κ3) is 5.76. The number of amides is 1. The van der Waals surface area contributed by atoms with Gasteiger partial charge < -0.3 is 10.1 Å². The van der Waals surface area contributed by atoms with E-state index in [4.69, 9.17) is 27.9 Å². The zero-order valence-corrected chi connectivity index (χ0v) is 19.4.